The molecule has 1 atom stereocenters. The Morgan fingerprint density at radius 2 is 2.33 bits per heavy atom. The Hall–Kier alpha value is -0.850. The predicted molar refractivity (Wildman–Crippen MR) is 70.2 cm³/mol. The van der Waals surface area contributed by atoms with Gasteiger partial charge in [0.15, 0.2) is 9.84 Å². The monoisotopic (exact) mass is 272 g/mol. The summed E-state index contributed by atoms with van der Waals surface area (Å²) in [7, 11) is -2.83. The van der Waals surface area contributed by atoms with E-state index in [9.17, 15) is 8.42 Å². The van der Waals surface area contributed by atoms with Gasteiger partial charge < -0.3 is 15.1 Å². The van der Waals surface area contributed by atoms with Crippen molar-refractivity contribution in [3.05, 3.63) is 23.7 Å². The van der Waals surface area contributed by atoms with Gasteiger partial charge in [-0.2, -0.15) is 0 Å². The highest BCUT2D eigenvalue weighted by molar-refractivity contribution is 7.91. The number of hydrogen-bond donors (Lipinski definition) is 2. The predicted octanol–water partition coefficient (Wildman–Crippen LogP) is 0.454. The lowest BCUT2D eigenvalue weighted by Gasteiger charge is -2.23. The first-order valence-corrected chi connectivity index (χ1v) is 8.07. The van der Waals surface area contributed by atoms with Crippen LogP contribution in [0.1, 0.15) is 17.9 Å². The van der Waals surface area contributed by atoms with Crippen LogP contribution in [0.15, 0.2) is 16.5 Å². The average molecular weight is 272 g/mol. The van der Waals surface area contributed by atoms with E-state index in [0.717, 1.165) is 24.5 Å². The zero-order valence-corrected chi connectivity index (χ0v) is 11.4. The van der Waals surface area contributed by atoms with Crippen molar-refractivity contribution in [3.8, 4) is 0 Å². The first-order valence-electron chi connectivity index (χ1n) is 6.25. The van der Waals surface area contributed by atoms with Crippen molar-refractivity contribution in [1.82, 2.24) is 10.6 Å². The SMILES string of the molecule is Cc1ccc(CNCCC2CS(=O)(=O)CCN2)o1. The smallest absolute Gasteiger partial charge is 0.153 e. The molecule has 0 bridgehead atoms. The van der Waals surface area contributed by atoms with Gasteiger partial charge in [0.1, 0.15) is 11.5 Å². The molecule has 2 rings (SSSR count). The zero-order chi connectivity index (χ0) is 13.0. The molecule has 0 aromatic carbocycles. The van der Waals surface area contributed by atoms with E-state index in [1.54, 1.807) is 0 Å². The van der Waals surface area contributed by atoms with Crippen molar-refractivity contribution in [1.29, 1.82) is 0 Å². The molecular weight excluding hydrogens is 252 g/mol. The molecule has 0 spiro atoms. The van der Waals surface area contributed by atoms with Crippen LogP contribution in [-0.4, -0.2) is 39.1 Å². The number of nitrogens with one attached hydrogen (secondary N) is 2. The van der Waals surface area contributed by atoms with Crippen LogP contribution in [0.25, 0.3) is 0 Å². The third-order valence-electron chi connectivity index (χ3n) is 3.07. The van der Waals surface area contributed by atoms with E-state index in [1.165, 1.54) is 0 Å². The van der Waals surface area contributed by atoms with Crippen molar-refractivity contribution < 1.29 is 12.8 Å². The molecule has 1 aliphatic heterocycles. The lowest BCUT2D eigenvalue weighted by Crippen LogP contribution is -2.46. The van der Waals surface area contributed by atoms with Gasteiger partial charge in [0, 0.05) is 12.6 Å². The molecule has 102 valence electrons. The maximum atomic E-state index is 11.4. The van der Waals surface area contributed by atoms with Crippen LogP contribution in [0.2, 0.25) is 0 Å². The summed E-state index contributed by atoms with van der Waals surface area (Å²) in [6, 6.07) is 3.97. The van der Waals surface area contributed by atoms with Crippen LogP contribution in [0.4, 0.5) is 0 Å². The molecule has 0 amide bonds. The van der Waals surface area contributed by atoms with Crippen molar-refractivity contribution in [3.63, 3.8) is 0 Å². The summed E-state index contributed by atoms with van der Waals surface area (Å²) >= 11 is 0. The lowest BCUT2D eigenvalue weighted by molar-refractivity contribution is 0.442. The standard InChI is InChI=1S/C12H20N2O3S/c1-10-2-3-12(17-10)8-13-5-4-11-9-18(15,16)7-6-14-11/h2-3,11,13-14H,4-9H2,1H3. The molecular formula is C12H20N2O3S. The van der Waals surface area contributed by atoms with Crippen LogP contribution in [0.5, 0.6) is 0 Å². The minimum atomic E-state index is -2.83. The Labute approximate surface area is 108 Å². The Morgan fingerprint density at radius 3 is 3.00 bits per heavy atom. The topological polar surface area (TPSA) is 71.3 Å². The summed E-state index contributed by atoms with van der Waals surface area (Å²) in [5, 5.41) is 6.50. The van der Waals surface area contributed by atoms with Crippen LogP contribution in [0.3, 0.4) is 0 Å². The molecule has 2 N–H and O–H groups in total. The van der Waals surface area contributed by atoms with Crippen molar-refractivity contribution >= 4 is 9.84 Å². The van der Waals surface area contributed by atoms with Gasteiger partial charge in [-0.3, -0.25) is 0 Å². The third kappa shape index (κ3) is 4.12. The van der Waals surface area contributed by atoms with Gasteiger partial charge in [-0.05, 0) is 32.0 Å². The lowest BCUT2D eigenvalue weighted by atomic mass is 10.2. The van der Waals surface area contributed by atoms with Crippen LogP contribution < -0.4 is 10.6 Å². The summed E-state index contributed by atoms with van der Waals surface area (Å²) in [5.74, 6) is 2.35. The molecule has 2 heterocycles. The minimum absolute atomic E-state index is 0.0783. The van der Waals surface area contributed by atoms with Crippen LogP contribution in [0, 0.1) is 6.92 Å². The fourth-order valence-corrected chi connectivity index (χ4v) is 3.61. The van der Waals surface area contributed by atoms with Crippen molar-refractivity contribution in [2.24, 2.45) is 0 Å². The summed E-state index contributed by atoms with van der Waals surface area (Å²) in [5.41, 5.74) is 0. The van der Waals surface area contributed by atoms with Gasteiger partial charge in [-0.25, -0.2) is 8.42 Å². The number of aryl methyl sites for hydroxylation is 1. The summed E-state index contributed by atoms with van der Waals surface area (Å²) in [6.45, 7) is 3.96. The molecule has 1 saturated heterocycles. The second-order valence-electron chi connectivity index (χ2n) is 4.74. The highest BCUT2D eigenvalue weighted by Gasteiger charge is 2.23. The van der Waals surface area contributed by atoms with E-state index in [4.69, 9.17) is 4.42 Å². The van der Waals surface area contributed by atoms with Gasteiger partial charge in [-0.1, -0.05) is 0 Å². The van der Waals surface area contributed by atoms with E-state index in [0.29, 0.717) is 13.1 Å². The maximum Gasteiger partial charge on any atom is 0.153 e. The van der Waals surface area contributed by atoms with Gasteiger partial charge in [0.2, 0.25) is 0 Å². The molecule has 0 saturated carbocycles. The summed E-state index contributed by atoms with van der Waals surface area (Å²) < 4.78 is 28.3. The van der Waals surface area contributed by atoms with Gasteiger partial charge in [-0.15, -0.1) is 0 Å². The number of sulfone groups is 1. The molecule has 1 unspecified atom stereocenters. The Bertz CT molecular complexity index is 481. The molecule has 0 radical (unpaired) electrons. The summed E-state index contributed by atoms with van der Waals surface area (Å²) in [4.78, 5) is 0. The highest BCUT2D eigenvalue weighted by atomic mass is 32.2. The molecule has 1 aliphatic rings. The van der Waals surface area contributed by atoms with Crippen LogP contribution >= 0.6 is 0 Å². The number of hydrogen-bond acceptors (Lipinski definition) is 5. The molecule has 5 nitrogen and oxygen atoms in total. The fraction of sp³-hybridized carbons (Fsp3) is 0.667. The summed E-state index contributed by atoms with van der Waals surface area (Å²) in [6.07, 6.45) is 0.818. The molecule has 6 heteroatoms. The van der Waals surface area contributed by atoms with E-state index < -0.39 is 9.84 Å². The van der Waals surface area contributed by atoms with Crippen molar-refractivity contribution in [2.45, 2.75) is 25.9 Å². The average Bonchev–Trinajstić information content (AvgIpc) is 2.69. The molecule has 1 aromatic heterocycles. The second kappa shape index (κ2) is 5.86. The Kier molecular flexibility index (Phi) is 4.42. The van der Waals surface area contributed by atoms with Gasteiger partial charge in [0.25, 0.3) is 0 Å². The maximum absolute atomic E-state index is 11.4. The van der Waals surface area contributed by atoms with E-state index in [-0.39, 0.29) is 17.5 Å². The van der Waals surface area contributed by atoms with E-state index >= 15 is 0 Å². The fourth-order valence-electron chi connectivity index (χ4n) is 2.12. The van der Waals surface area contributed by atoms with Gasteiger partial charge >= 0.3 is 0 Å². The van der Waals surface area contributed by atoms with Crippen molar-refractivity contribution in [2.75, 3.05) is 24.6 Å². The molecule has 1 fully saturated rings. The van der Waals surface area contributed by atoms with E-state index in [2.05, 4.69) is 10.6 Å². The minimum Gasteiger partial charge on any atom is -0.465 e. The quantitative estimate of drug-likeness (QED) is 0.762. The van der Waals surface area contributed by atoms with Gasteiger partial charge in [0.05, 0.1) is 18.1 Å². The Morgan fingerprint density at radius 1 is 1.50 bits per heavy atom. The Balaban J connectivity index is 1.66. The van der Waals surface area contributed by atoms with Crippen LogP contribution in [-0.2, 0) is 16.4 Å². The zero-order valence-electron chi connectivity index (χ0n) is 10.6. The third-order valence-corrected chi connectivity index (χ3v) is 4.80. The highest BCUT2D eigenvalue weighted by Crippen LogP contribution is 2.06. The first kappa shape index (κ1) is 13.6. The number of rotatable bonds is 5. The molecule has 0 aliphatic carbocycles. The van der Waals surface area contributed by atoms with E-state index in [1.807, 2.05) is 19.1 Å². The largest absolute Gasteiger partial charge is 0.465 e. The number of furan rings is 1. The first-order chi connectivity index (χ1) is 8.55. The molecule has 1 aromatic rings. The normalized spacial score (nSPS) is 23.1. The second-order valence-corrected chi connectivity index (χ2v) is 6.97. The molecule has 18 heavy (non-hydrogen) atoms.